The van der Waals surface area contributed by atoms with Crippen LogP contribution in [-0.4, -0.2) is 7.11 Å². The van der Waals surface area contributed by atoms with Crippen molar-refractivity contribution in [2.24, 2.45) is 0 Å². The zero-order chi connectivity index (χ0) is 12.0. The normalized spacial score (nSPS) is 10.5. The molecule has 0 heterocycles. The van der Waals surface area contributed by atoms with Crippen LogP contribution in [0, 0.1) is 6.92 Å². The molecule has 0 N–H and O–H groups in total. The second-order valence-corrected chi connectivity index (χ2v) is 4.57. The van der Waals surface area contributed by atoms with E-state index in [9.17, 15) is 0 Å². The molecule has 0 saturated heterocycles. The molecule has 0 amide bonds. The number of halogens is 1. The van der Waals surface area contributed by atoms with Crippen LogP contribution in [0.5, 0.6) is 5.75 Å². The SMILES string of the molecule is CCCCCCc1c(OC)ccc(Cl)c1C. The van der Waals surface area contributed by atoms with Crippen molar-refractivity contribution in [1.29, 1.82) is 0 Å². The van der Waals surface area contributed by atoms with Crippen LogP contribution < -0.4 is 4.74 Å². The molecular formula is C14H21ClO. The Hall–Kier alpha value is -0.690. The minimum absolute atomic E-state index is 0.839. The van der Waals surface area contributed by atoms with Gasteiger partial charge in [0.05, 0.1) is 7.11 Å². The first-order chi connectivity index (χ1) is 7.70. The smallest absolute Gasteiger partial charge is 0.122 e. The van der Waals surface area contributed by atoms with Crippen LogP contribution in [0.3, 0.4) is 0 Å². The Bertz CT molecular complexity index is 334. The fraction of sp³-hybridized carbons (Fsp3) is 0.571. The maximum atomic E-state index is 6.13. The summed E-state index contributed by atoms with van der Waals surface area (Å²) in [6.45, 7) is 4.30. The van der Waals surface area contributed by atoms with Gasteiger partial charge in [-0.25, -0.2) is 0 Å². The molecule has 0 bridgehead atoms. The van der Waals surface area contributed by atoms with Crippen molar-refractivity contribution in [2.45, 2.75) is 46.0 Å². The standard InChI is InChI=1S/C14H21ClO/c1-4-5-6-7-8-12-11(2)13(15)9-10-14(12)16-3/h9-10H,4-8H2,1-3H3. The van der Waals surface area contributed by atoms with Crippen molar-refractivity contribution in [3.63, 3.8) is 0 Å². The maximum absolute atomic E-state index is 6.13. The van der Waals surface area contributed by atoms with Crippen molar-refractivity contribution < 1.29 is 4.74 Å². The van der Waals surface area contributed by atoms with Gasteiger partial charge in [-0.3, -0.25) is 0 Å². The highest BCUT2D eigenvalue weighted by atomic mass is 35.5. The summed E-state index contributed by atoms with van der Waals surface area (Å²) >= 11 is 6.13. The van der Waals surface area contributed by atoms with Crippen LogP contribution in [-0.2, 0) is 6.42 Å². The molecule has 0 aliphatic carbocycles. The first kappa shape index (κ1) is 13.4. The molecule has 1 rings (SSSR count). The lowest BCUT2D eigenvalue weighted by atomic mass is 10.0. The largest absolute Gasteiger partial charge is 0.496 e. The van der Waals surface area contributed by atoms with E-state index in [4.69, 9.17) is 16.3 Å². The van der Waals surface area contributed by atoms with Gasteiger partial charge in [0.15, 0.2) is 0 Å². The zero-order valence-electron chi connectivity index (χ0n) is 10.5. The van der Waals surface area contributed by atoms with Gasteiger partial charge >= 0.3 is 0 Å². The van der Waals surface area contributed by atoms with Gasteiger partial charge in [-0.1, -0.05) is 37.8 Å². The molecule has 0 unspecified atom stereocenters. The van der Waals surface area contributed by atoms with E-state index in [1.807, 2.05) is 12.1 Å². The van der Waals surface area contributed by atoms with E-state index in [-0.39, 0.29) is 0 Å². The molecule has 16 heavy (non-hydrogen) atoms. The lowest BCUT2D eigenvalue weighted by Crippen LogP contribution is -1.96. The van der Waals surface area contributed by atoms with Gasteiger partial charge < -0.3 is 4.74 Å². The van der Waals surface area contributed by atoms with E-state index in [0.717, 1.165) is 22.8 Å². The lowest BCUT2D eigenvalue weighted by molar-refractivity contribution is 0.408. The van der Waals surface area contributed by atoms with Gasteiger partial charge in [0.1, 0.15) is 5.75 Å². The third-order valence-electron chi connectivity index (χ3n) is 2.99. The first-order valence-electron chi connectivity index (χ1n) is 6.02. The molecule has 0 spiro atoms. The minimum atomic E-state index is 0.839. The van der Waals surface area contributed by atoms with Gasteiger partial charge in [-0.15, -0.1) is 0 Å². The van der Waals surface area contributed by atoms with E-state index >= 15 is 0 Å². The molecule has 2 heteroatoms. The van der Waals surface area contributed by atoms with E-state index in [0.29, 0.717) is 0 Å². The monoisotopic (exact) mass is 240 g/mol. The summed E-state index contributed by atoms with van der Waals surface area (Å²) in [7, 11) is 1.72. The number of hydrogen-bond acceptors (Lipinski definition) is 1. The number of methoxy groups -OCH3 is 1. The highest BCUT2D eigenvalue weighted by Crippen LogP contribution is 2.29. The Morgan fingerprint density at radius 2 is 1.94 bits per heavy atom. The van der Waals surface area contributed by atoms with Gasteiger partial charge in [0.25, 0.3) is 0 Å². The maximum Gasteiger partial charge on any atom is 0.122 e. The van der Waals surface area contributed by atoms with Gasteiger partial charge in [-0.05, 0) is 43.0 Å². The molecule has 0 atom stereocenters. The van der Waals surface area contributed by atoms with Crippen molar-refractivity contribution in [3.05, 3.63) is 28.3 Å². The molecule has 0 fully saturated rings. The predicted molar refractivity (Wildman–Crippen MR) is 70.6 cm³/mol. The van der Waals surface area contributed by atoms with Crippen molar-refractivity contribution in [2.75, 3.05) is 7.11 Å². The van der Waals surface area contributed by atoms with Crippen LogP contribution >= 0.6 is 11.6 Å². The quantitative estimate of drug-likeness (QED) is 0.651. The van der Waals surface area contributed by atoms with Crippen LogP contribution in [0.4, 0.5) is 0 Å². The Balaban J connectivity index is 2.72. The molecule has 0 aromatic heterocycles. The molecule has 0 saturated carbocycles. The Morgan fingerprint density at radius 3 is 2.56 bits per heavy atom. The summed E-state index contributed by atoms with van der Waals surface area (Å²) in [6.07, 6.45) is 6.14. The summed E-state index contributed by atoms with van der Waals surface area (Å²) in [4.78, 5) is 0. The zero-order valence-corrected chi connectivity index (χ0v) is 11.2. The first-order valence-corrected chi connectivity index (χ1v) is 6.40. The highest BCUT2D eigenvalue weighted by Gasteiger charge is 2.08. The fourth-order valence-corrected chi connectivity index (χ4v) is 2.11. The summed E-state index contributed by atoms with van der Waals surface area (Å²) in [5, 5.41) is 0.839. The number of rotatable bonds is 6. The minimum Gasteiger partial charge on any atom is -0.496 e. The lowest BCUT2D eigenvalue weighted by Gasteiger charge is -2.12. The average molecular weight is 241 g/mol. The second kappa shape index (κ2) is 6.80. The third-order valence-corrected chi connectivity index (χ3v) is 3.40. The number of ether oxygens (including phenoxy) is 1. The van der Waals surface area contributed by atoms with Gasteiger partial charge in [0.2, 0.25) is 0 Å². The number of unbranched alkanes of at least 4 members (excludes halogenated alkanes) is 3. The fourth-order valence-electron chi connectivity index (χ4n) is 1.93. The number of benzene rings is 1. The second-order valence-electron chi connectivity index (χ2n) is 4.16. The van der Waals surface area contributed by atoms with E-state index in [1.54, 1.807) is 7.11 Å². The van der Waals surface area contributed by atoms with Crippen molar-refractivity contribution >= 4 is 11.6 Å². The molecule has 0 aliphatic rings. The summed E-state index contributed by atoms with van der Waals surface area (Å²) in [5.74, 6) is 0.971. The summed E-state index contributed by atoms with van der Waals surface area (Å²) < 4.78 is 5.38. The van der Waals surface area contributed by atoms with Crippen molar-refractivity contribution in [1.82, 2.24) is 0 Å². The molecule has 1 aromatic rings. The van der Waals surface area contributed by atoms with Crippen LogP contribution in [0.25, 0.3) is 0 Å². The van der Waals surface area contributed by atoms with E-state index < -0.39 is 0 Å². The summed E-state index contributed by atoms with van der Waals surface area (Å²) in [5.41, 5.74) is 2.43. The molecule has 90 valence electrons. The van der Waals surface area contributed by atoms with E-state index in [2.05, 4.69) is 13.8 Å². The number of hydrogen-bond donors (Lipinski definition) is 0. The van der Waals surface area contributed by atoms with Crippen LogP contribution in [0.2, 0.25) is 5.02 Å². The van der Waals surface area contributed by atoms with Gasteiger partial charge in [0, 0.05) is 5.02 Å². The molecule has 1 nitrogen and oxygen atoms in total. The Morgan fingerprint density at radius 1 is 1.19 bits per heavy atom. The van der Waals surface area contributed by atoms with Crippen molar-refractivity contribution in [3.8, 4) is 5.75 Å². The van der Waals surface area contributed by atoms with Crippen LogP contribution in [0.15, 0.2) is 12.1 Å². The predicted octanol–water partition coefficient (Wildman–Crippen LogP) is 4.78. The Kier molecular flexibility index (Phi) is 5.68. The highest BCUT2D eigenvalue weighted by molar-refractivity contribution is 6.31. The Labute approximate surface area is 104 Å². The average Bonchev–Trinajstić information content (AvgIpc) is 2.30. The molecule has 0 radical (unpaired) electrons. The molecular weight excluding hydrogens is 220 g/mol. The third kappa shape index (κ3) is 3.41. The topological polar surface area (TPSA) is 9.23 Å². The van der Waals surface area contributed by atoms with Crippen LogP contribution in [0.1, 0.15) is 43.7 Å². The van der Waals surface area contributed by atoms with Gasteiger partial charge in [-0.2, -0.15) is 0 Å². The molecule has 1 aromatic carbocycles. The molecule has 0 aliphatic heterocycles. The van der Waals surface area contributed by atoms with E-state index in [1.165, 1.54) is 31.2 Å². The summed E-state index contributed by atoms with van der Waals surface area (Å²) in [6, 6.07) is 3.87.